The first kappa shape index (κ1) is 14.3. The van der Waals surface area contributed by atoms with Crippen LogP contribution in [0.2, 0.25) is 0 Å². The van der Waals surface area contributed by atoms with E-state index in [0.29, 0.717) is 6.42 Å². The van der Waals surface area contributed by atoms with Crippen molar-refractivity contribution in [3.63, 3.8) is 0 Å². The molecule has 4 rings (SSSR count). The zero-order valence-corrected chi connectivity index (χ0v) is 13.2. The zero-order chi connectivity index (χ0) is 15.8. The van der Waals surface area contributed by atoms with Crippen molar-refractivity contribution in [2.45, 2.75) is 25.8 Å². The maximum absolute atomic E-state index is 12.7. The largest absolute Gasteiger partial charge is 0.385 e. The second-order valence-electron chi connectivity index (χ2n) is 6.21. The van der Waals surface area contributed by atoms with Crippen LogP contribution in [0.25, 0.3) is 27.5 Å². The van der Waals surface area contributed by atoms with Crippen LogP contribution in [0.5, 0.6) is 0 Å². The summed E-state index contributed by atoms with van der Waals surface area (Å²) in [5.41, 5.74) is 6.04. The van der Waals surface area contributed by atoms with Crippen LogP contribution in [0, 0.1) is 0 Å². The number of nitrogens with zero attached hydrogens (tertiary/aromatic N) is 1. The Bertz CT molecular complexity index is 891. The van der Waals surface area contributed by atoms with Crippen molar-refractivity contribution < 1.29 is 4.39 Å². The van der Waals surface area contributed by atoms with Gasteiger partial charge in [-0.15, -0.1) is 0 Å². The molecule has 0 atom stereocenters. The van der Waals surface area contributed by atoms with Crippen LogP contribution >= 0.6 is 0 Å². The van der Waals surface area contributed by atoms with Crippen molar-refractivity contribution in [3.8, 4) is 0 Å². The SMILES string of the molecule is C=C1NCCCc2c1ccc1c2c2ccccc2n1CCCF. The Hall–Kier alpha value is -2.29. The van der Waals surface area contributed by atoms with E-state index in [9.17, 15) is 4.39 Å². The van der Waals surface area contributed by atoms with E-state index in [1.165, 1.54) is 32.9 Å². The van der Waals surface area contributed by atoms with Crippen molar-refractivity contribution in [2.75, 3.05) is 13.2 Å². The van der Waals surface area contributed by atoms with Crippen LogP contribution in [0.1, 0.15) is 24.0 Å². The molecule has 0 fully saturated rings. The molecule has 2 aromatic carbocycles. The molecule has 3 heteroatoms. The smallest absolute Gasteiger partial charge is 0.0911 e. The summed E-state index contributed by atoms with van der Waals surface area (Å²) in [6, 6.07) is 12.8. The molecule has 2 nitrogen and oxygen atoms in total. The van der Waals surface area contributed by atoms with Gasteiger partial charge in [-0.2, -0.15) is 0 Å². The minimum Gasteiger partial charge on any atom is -0.385 e. The van der Waals surface area contributed by atoms with Crippen LogP contribution in [-0.4, -0.2) is 17.8 Å². The van der Waals surface area contributed by atoms with E-state index in [1.54, 1.807) is 0 Å². The number of aromatic nitrogens is 1. The number of para-hydroxylation sites is 1. The van der Waals surface area contributed by atoms with Crippen LogP contribution in [0.15, 0.2) is 43.0 Å². The fraction of sp³-hybridized carbons (Fsp3) is 0.300. The third kappa shape index (κ3) is 2.23. The van der Waals surface area contributed by atoms with Gasteiger partial charge in [-0.1, -0.05) is 30.8 Å². The van der Waals surface area contributed by atoms with Crippen LogP contribution in [0.4, 0.5) is 4.39 Å². The van der Waals surface area contributed by atoms with Crippen LogP contribution < -0.4 is 5.32 Å². The lowest BCUT2D eigenvalue weighted by Gasteiger charge is -2.11. The predicted molar refractivity (Wildman–Crippen MR) is 95.4 cm³/mol. The highest BCUT2D eigenvalue weighted by Gasteiger charge is 2.19. The van der Waals surface area contributed by atoms with Gasteiger partial charge in [0.25, 0.3) is 0 Å². The minimum atomic E-state index is -0.278. The molecule has 2 heterocycles. The number of nitrogens with one attached hydrogen (secondary N) is 1. The van der Waals surface area contributed by atoms with Crippen molar-refractivity contribution >= 4 is 27.5 Å². The van der Waals surface area contributed by atoms with Gasteiger partial charge in [-0.25, -0.2) is 0 Å². The summed E-state index contributed by atoms with van der Waals surface area (Å²) < 4.78 is 15.0. The Morgan fingerprint density at radius 2 is 2.00 bits per heavy atom. The van der Waals surface area contributed by atoms with Crippen molar-refractivity contribution in [1.29, 1.82) is 0 Å². The summed E-state index contributed by atoms with van der Waals surface area (Å²) in [4.78, 5) is 0. The Balaban J connectivity index is 2.07. The van der Waals surface area contributed by atoms with E-state index in [1.807, 2.05) is 0 Å². The van der Waals surface area contributed by atoms with Crippen molar-refractivity contribution in [3.05, 3.63) is 54.1 Å². The first-order valence-electron chi connectivity index (χ1n) is 8.33. The molecule has 0 bridgehead atoms. The Morgan fingerprint density at radius 1 is 1.13 bits per heavy atom. The lowest BCUT2D eigenvalue weighted by Crippen LogP contribution is -2.10. The maximum Gasteiger partial charge on any atom is 0.0911 e. The lowest BCUT2D eigenvalue weighted by molar-refractivity contribution is 0.452. The average molecular weight is 308 g/mol. The molecule has 3 aromatic rings. The number of halogens is 1. The molecular weight excluding hydrogens is 287 g/mol. The van der Waals surface area contributed by atoms with E-state index in [2.05, 4.69) is 52.9 Å². The van der Waals surface area contributed by atoms with E-state index in [-0.39, 0.29) is 6.67 Å². The Labute approximate surface area is 135 Å². The molecule has 1 aliphatic heterocycles. The fourth-order valence-electron chi connectivity index (χ4n) is 3.81. The topological polar surface area (TPSA) is 17.0 Å². The van der Waals surface area contributed by atoms with Crippen molar-refractivity contribution in [1.82, 2.24) is 9.88 Å². The maximum atomic E-state index is 12.7. The van der Waals surface area contributed by atoms with E-state index in [4.69, 9.17) is 0 Å². The molecule has 0 spiro atoms. The first-order chi connectivity index (χ1) is 11.3. The summed E-state index contributed by atoms with van der Waals surface area (Å²) in [6.07, 6.45) is 2.71. The number of rotatable bonds is 3. The molecule has 23 heavy (non-hydrogen) atoms. The standard InChI is InChI=1S/C20H21FN2/c1-14-15-9-10-19-20(16(15)7-4-12-22-14)17-6-2-3-8-18(17)23(19)13-5-11-21/h2-3,6,8-10,22H,1,4-5,7,11-13H2. The molecule has 1 aliphatic rings. The molecule has 0 amide bonds. The van der Waals surface area contributed by atoms with Crippen LogP contribution in [-0.2, 0) is 13.0 Å². The van der Waals surface area contributed by atoms with Gasteiger partial charge >= 0.3 is 0 Å². The second-order valence-corrected chi connectivity index (χ2v) is 6.21. The number of benzene rings is 2. The van der Waals surface area contributed by atoms with E-state index < -0.39 is 0 Å². The molecule has 0 aliphatic carbocycles. The number of alkyl halides is 1. The number of fused-ring (bicyclic) bond motifs is 5. The third-order valence-corrected chi connectivity index (χ3v) is 4.83. The number of hydrogen-bond acceptors (Lipinski definition) is 1. The fourth-order valence-corrected chi connectivity index (χ4v) is 3.81. The summed E-state index contributed by atoms with van der Waals surface area (Å²) in [5.74, 6) is 0. The Morgan fingerprint density at radius 3 is 2.87 bits per heavy atom. The van der Waals surface area contributed by atoms with E-state index >= 15 is 0 Å². The molecule has 0 saturated heterocycles. The predicted octanol–water partition coefficient (Wildman–Crippen LogP) is 4.66. The van der Waals surface area contributed by atoms with Gasteiger partial charge in [0.1, 0.15) is 0 Å². The highest BCUT2D eigenvalue weighted by atomic mass is 19.1. The quantitative estimate of drug-likeness (QED) is 0.744. The van der Waals surface area contributed by atoms with E-state index in [0.717, 1.165) is 31.6 Å². The molecule has 1 N–H and O–H groups in total. The molecule has 1 aromatic heterocycles. The molecule has 0 saturated carbocycles. The highest BCUT2D eigenvalue weighted by Crippen LogP contribution is 2.36. The zero-order valence-electron chi connectivity index (χ0n) is 13.2. The van der Waals surface area contributed by atoms with Gasteiger partial charge in [-0.05, 0) is 37.0 Å². The highest BCUT2D eigenvalue weighted by molar-refractivity contribution is 6.11. The summed E-state index contributed by atoms with van der Waals surface area (Å²) in [6.45, 7) is 5.60. The van der Waals surface area contributed by atoms with Gasteiger partial charge < -0.3 is 9.88 Å². The lowest BCUT2D eigenvalue weighted by atomic mass is 9.96. The number of aryl methyl sites for hydroxylation is 2. The average Bonchev–Trinajstić information content (AvgIpc) is 2.78. The summed E-state index contributed by atoms with van der Waals surface area (Å²) in [5, 5.41) is 6.00. The van der Waals surface area contributed by atoms with Gasteiger partial charge in [-0.3, -0.25) is 4.39 Å². The van der Waals surface area contributed by atoms with Gasteiger partial charge in [0, 0.05) is 46.2 Å². The molecule has 118 valence electrons. The molecule has 0 radical (unpaired) electrons. The van der Waals surface area contributed by atoms with Gasteiger partial charge in [0.2, 0.25) is 0 Å². The van der Waals surface area contributed by atoms with Crippen molar-refractivity contribution in [2.24, 2.45) is 0 Å². The Kier molecular flexibility index (Phi) is 3.56. The van der Waals surface area contributed by atoms with Crippen LogP contribution in [0.3, 0.4) is 0 Å². The monoisotopic (exact) mass is 308 g/mol. The normalized spacial score (nSPS) is 14.7. The summed E-state index contributed by atoms with van der Waals surface area (Å²) in [7, 11) is 0. The first-order valence-corrected chi connectivity index (χ1v) is 8.33. The molecule has 0 unspecified atom stereocenters. The van der Waals surface area contributed by atoms with Gasteiger partial charge in [0.05, 0.1) is 6.67 Å². The minimum absolute atomic E-state index is 0.278. The number of hydrogen-bond donors (Lipinski definition) is 1. The van der Waals surface area contributed by atoms with Gasteiger partial charge in [0.15, 0.2) is 0 Å². The second kappa shape index (κ2) is 5.73. The third-order valence-electron chi connectivity index (χ3n) is 4.83. The summed E-state index contributed by atoms with van der Waals surface area (Å²) >= 11 is 0. The molecular formula is C20H21FN2.